The predicted molar refractivity (Wildman–Crippen MR) is 68.4 cm³/mol. The Labute approximate surface area is 107 Å². The average molecular weight is 253 g/mol. The molecule has 2 saturated heterocycles. The molecule has 0 aromatic carbocycles. The van der Waals surface area contributed by atoms with Crippen molar-refractivity contribution in [3.05, 3.63) is 17.3 Å². The number of fused-ring (bicyclic) bond motifs is 2. The van der Waals surface area contributed by atoms with Gasteiger partial charge in [0.05, 0.1) is 0 Å². The molecule has 3 rings (SSSR count). The molecule has 2 fully saturated rings. The standard InChI is InChI=1S/C12H17ClN4/c13-11-3-4-12(15-14-11)17-7-6-16-5-1-2-10(8-16)9-17/h3-4,10H,1-2,5-9H2. The van der Waals surface area contributed by atoms with Crippen molar-refractivity contribution in [3.8, 4) is 0 Å². The molecule has 92 valence electrons. The summed E-state index contributed by atoms with van der Waals surface area (Å²) in [5.74, 6) is 1.74. The summed E-state index contributed by atoms with van der Waals surface area (Å²) in [5.41, 5.74) is 0. The normalized spacial score (nSPS) is 28.9. The molecule has 0 aliphatic carbocycles. The fourth-order valence-electron chi connectivity index (χ4n) is 2.85. The van der Waals surface area contributed by atoms with Gasteiger partial charge in [0, 0.05) is 26.2 Å². The van der Waals surface area contributed by atoms with E-state index in [2.05, 4.69) is 20.0 Å². The van der Waals surface area contributed by atoms with Crippen molar-refractivity contribution in [2.75, 3.05) is 37.6 Å². The molecule has 4 nitrogen and oxygen atoms in total. The first kappa shape index (κ1) is 11.2. The van der Waals surface area contributed by atoms with Crippen LogP contribution in [0.4, 0.5) is 5.82 Å². The number of anilines is 1. The van der Waals surface area contributed by atoms with Gasteiger partial charge in [0.1, 0.15) is 0 Å². The number of hydrogen-bond acceptors (Lipinski definition) is 4. The van der Waals surface area contributed by atoms with Crippen LogP contribution in [0.1, 0.15) is 12.8 Å². The monoisotopic (exact) mass is 252 g/mol. The Morgan fingerprint density at radius 3 is 2.88 bits per heavy atom. The third-order valence-electron chi connectivity index (χ3n) is 3.71. The summed E-state index contributed by atoms with van der Waals surface area (Å²) in [5, 5.41) is 8.58. The zero-order chi connectivity index (χ0) is 11.7. The van der Waals surface area contributed by atoms with Crippen molar-refractivity contribution in [1.82, 2.24) is 15.1 Å². The molecule has 0 spiro atoms. The summed E-state index contributed by atoms with van der Waals surface area (Å²) < 4.78 is 0. The number of rotatable bonds is 1. The highest BCUT2D eigenvalue weighted by Gasteiger charge is 2.26. The van der Waals surface area contributed by atoms with E-state index in [4.69, 9.17) is 11.6 Å². The molecule has 3 heterocycles. The van der Waals surface area contributed by atoms with E-state index >= 15 is 0 Å². The molecule has 5 heteroatoms. The largest absolute Gasteiger partial charge is 0.354 e. The van der Waals surface area contributed by atoms with Gasteiger partial charge in [0.15, 0.2) is 11.0 Å². The van der Waals surface area contributed by atoms with Gasteiger partial charge in [-0.1, -0.05) is 11.6 Å². The molecule has 0 radical (unpaired) electrons. The minimum Gasteiger partial charge on any atom is -0.354 e. The molecular weight excluding hydrogens is 236 g/mol. The van der Waals surface area contributed by atoms with E-state index in [9.17, 15) is 0 Å². The molecule has 2 bridgehead atoms. The van der Waals surface area contributed by atoms with Crippen molar-refractivity contribution in [2.45, 2.75) is 12.8 Å². The van der Waals surface area contributed by atoms with Gasteiger partial charge in [-0.15, -0.1) is 10.2 Å². The maximum absolute atomic E-state index is 5.77. The summed E-state index contributed by atoms with van der Waals surface area (Å²) in [7, 11) is 0. The molecule has 1 aromatic rings. The minimum atomic E-state index is 0.464. The second-order valence-corrected chi connectivity index (χ2v) is 5.36. The molecule has 2 aliphatic rings. The Hall–Kier alpha value is -0.870. The average Bonchev–Trinajstić information content (AvgIpc) is 2.49. The van der Waals surface area contributed by atoms with E-state index in [-0.39, 0.29) is 0 Å². The van der Waals surface area contributed by atoms with Crippen LogP contribution in [-0.2, 0) is 0 Å². The van der Waals surface area contributed by atoms with Crippen molar-refractivity contribution in [3.63, 3.8) is 0 Å². The lowest BCUT2D eigenvalue weighted by atomic mass is 9.98. The number of piperidine rings is 1. The highest BCUT2D eigenvalue weighted by Crippen LogP contribution is 2.23. The summed E-state index contributed by atoms with van der Waals surface area (Å²) >= 11 is 5.77. The van der Waals surface area contributed by atoms with Gasteiger partial charge < -0.3 is 9.80 Å². The lowest BCUT2D eigenvalue weighted by Crippen LogP contribution is -2.35. The first-order chi connectivity index (χ1) is 8.31. The number of nitrogens with zero attached hydrogens (tertiary/aromatic N) is 4. The fraction of sp³-hybridized carbons (Fsp3) is 0.667. The van der Waals surface area contributed by atoms with E-state index in [1.54, 1.807) is 0 Å². The van der Waals surface area contributed by atoms with Crippen LogP contribution in [0.5, 0.6) is 0 Å². The molecular formula is C12H17ClN4. The molecule has 0 saturated carbocycles. The van der Waals surface area contributed by atoms with Crippen LogP contribution >= 0.6 is 11.6 Å². The van der Waals surface area contributed by atoms with Crippen LogP contribution in [0.25, 0.3) is 0 Å². The smallest absolute Gasteiger partial charge is 0.151 e. The van der Waals surface area contributed by atoms with E-state index in [0.29, 0.717) is 5.15 Å². The summed E-state index contributed by atoms with van der Waals surface area (Å²) in [6, 6.07) is 3.79. The van der Waals surface area contributed by atoms with Crippen molar-refractivity contribution >= 4 is 17.4 Å². The fourth-order valence-corrected chi connectivity index (χ4v) is 2.95. The maximum Gasteiger partial charge on any atom is 0.151 e. The van der Waals surface area contributed by atoms with Crippen LogP contribution in [0.2, 0.25) is 5.15 Å². The highest BCUT2D eigenvalue weighted by molar-refractivity contribution is 6.29. The summed E-state index contributed by atoms with van der Waals surface area (Å²) in [6.07, 6.45) is 2.68. The highest BCUT2D eigenvalue weighted by atomic mass is 35.5. The van der Waals surface area contributed by atoms with Gasteiger partial charge in [-0.05, 0) is 37.4 Å². The second kappa shape index (κ2) is 4.78. The number of hydrogen-bond donors (Lipinski definition) is 0. The topological polar surface area (TPSA) is 32.3 Å². The van der Waals surface area contributed by atoms with E-state index in [1.165, 1.54) is 25.9 Å². The number of aromatic nitrogens is 2. The van der Waals surface area contributed by atoms with Gasteiger partial charge >= 0.3 is 0 Å². The Bertz CT molecular complexity index is 381. The Balaban J connectivity index is 1.76. The SMILES string of the molecule is Clc1ccc(N2CCN3CCCC(C3)C2)nn1. The van der Waals surface area contributed by atoms with E-state index in [1.807, 2.05) is 12.1 Å². The zero-order valence-corrected chi connectivity index (χ0v) is 10.6. The van der Waals surface area contributed by atoms with Crippen molar-refractivity contribution < 1.29 is 0 Å². The second-order valence-electron chi connectivity index (χ2n) is 4.97. The Morgan fingerprint density at radius 2 is 2.06 bits per heavy atom. The first-order valence-corrected chi connectivity index (χ1v) is 6.65. The number of halogens is 1. The summed E-state index contributed by atoms with van der Waals surface area (Å²) in [6.45, 7) is 5.80. The Kier molecular flexibility index (Phi) is 3.16. The first-order valence-electron chi connectivity index (χ1n) is 6.28. The van der Waals surface area contributed by atoms with Gasteiger partial charge in [-0.2, -0.15) is 0 Å². The van der Waals surface area contributed by atoms with E-state index < -0.39 is 0 Å². The van der Waals surface area contributed by atoms with Gasteiger partial charge in [-0.25, -0.2) is 0 Å². The third kappa shape index (κ3) is 2.53. The third-order valence-corrected chi connectivity index (χ3v) is 3.91. The van der Waals surface area contributed by atoms with Gasteiger partial charge in [0.25, 0.3) is 0 Å². The van der Waals surface area contributed by atoms with Crippen LogP contribution in [0, 0.1) is 5.92 Å². The van der Waals surface area contributed by atoms with Gasteiger partial charge in [-0.3, -0.25) is 0 Å². The molecule has 2 unspecified atom stereocenters. The zero-order valence-electron chi connectivity index (χ0n) is 9.85. The Morgan fingerprint density at radius 1 is 1.12 bits per heavy atom. The van der Waals surface area contributed by atoms with Crippen molar-refractivity contribution in [1.29, 1.82) is 0 Å². The van der Waals surface area contributed by atoms with Crippen LogP contribution in [0.15, 0.2) is 12.1 Å². The predicted octanol–water partition coefficient (Wildman–Crippen LogP) is 1.66. The van der Waals surface area contributed by atoms with Crippen LogP contribution < -0.4 is 4.90 Å². The molecule has 2 aliphatic heterocycles. The summed E-state index contributed by atoms with van der Waals surface area (Å²) in [4.78, 5) is 4.91. The minimum absolute atomic E-state index is 0.464. The van der Waals surface area contributed by atoms with Crippen molar-refractivity contribution in [2.24, 2.45) is 5.92 Å². The molecule has 1 aromatic heterocycles. The van der Waals surface area contributed by atoms with Gasteiger partial charge in [0.2, 0.25) is 0 Å². The van der Waals surface area contributed by atoms with Crippen LogP contribution in [0.3, 0.4) is 0 Å². The quantitative estimate of drug-likeness (QED) is 0.761. The molecule has 0 N–H and O–H groups in total. The molecule has 17 heavy (non-hydrogen) atoms. The van der Waals surface area contributed by atoms with E-state index in [0.717, 1.165) is 31.4 Å². The molecule has 2 atom stereocenters. The lowest BCUT2D eigenvalue weighted by Gasteiger charge is -2.29. The maximum atomic E-state index is 5.77. The molecule has 0 amide bonds. The lowest BCUT2D eigenvalue weighted by molar-refractivity contribution is 0.201. The van der Waals surface area contributed by atoms with Crippen LogP contribution in [-0.4, -0.2) is 47.8 Å².